The first-order valence-corrected chi connectivity index (χ1v) is 8.93. The number of carbonyl (C=O) groups is 2. The molecule has 0 radical (unpaired) electrons. The molecule has 0 aliphatic carbocycles. The van der Waals surface area contributed by atoms with E-state index in [0.29, 0.717) is 23.0 Å². The van der Waals surface area contributed by atoms with Crippen molar-refractivity contribution < 1.29 is 19.1 Å². The normalized spacial score (nSPS) is 15.2. The van der Waals surface area contributed by atoms with Crippen molar-refractivity contribution in [2.75, 3.05) is 24.9 Å². The lowest BCUT2D eigenvalue weighted by molar-refractivity contribution is -0.125. The number of nitrogens with one attached hydrogen (secondary N) is 2. The van der Waals surface area contributed by atoms with E-state index in [4.69, 9.17) is 9.47 Å². The molecule has 2 heterocycles. The Labute approximate surface area is 166 Å². The molecule has 148 valence electrons. The molecule has 2 amide bonds. The third-order valence-electron chi connectivity index (χ3n) is 4.56. The van der Waals surface area contributed by atoms with Gasteiger partial charge in [0, 0.05) is 11.6 Å². The van der Waals surface area contributed by atoms with Crippen molar-refractivity contribution >= 4 is 23.5 Å². The Bertz CT molecular complexity index is 1060. The number of anilines is 2. The van der Waals surface area contributed by atoms with Crippen molar-refractivity contribution in [1.29, 1.82) is 0 Å². The lowest BCUT2D eigenvalue weighted by atomic mass is 10.1. The van der Waals surface area contributed by atoms with Crippen LogP contribution >= 0.6 is 0 Å². The topological polar surface area (TPSA) is 107 Å². The number of nitrogens with zero attached hydrogens (tertiary/aromatic N) is 3. The number of aromatic nitrogens is 3. The minimum atomic E-state index is -0.848. The van der Waals surface area contributed by atoms with Crippen molar-refractivity contribution in [3.05, 3.63) is 48.5 Å². The van der Waals surface area contributed by atoms with E-state index in [1.807, 2.05) is 30.3 Å². The molecule has 0 spiro atoms. The molecular weight excluding hydrogens is 374 g/mol. The molecule has 9 nitrogen and oxygen atoms in total. The van der Waals surface area contributed by atoms with E-state index in [0.717, 1.165) is 5.56 Å². The SMILES string of the molecule is COc1ccc(OC)c(NC(=O)[C@@H]2CC(=O)Nc3nc(-c4ccccc4)nn32)c1. The van der Waals surface area contributed by atoms with Crippen LogP contribution in [0.5, 0.6) is 11.5 Å². The summed E-state index contributed by atoms with van der Waals surface area (Å²) in [6.45, 7) is 0. The van der Waals surface area contributed by atoms with Crippen LogP contribution in [-0.4, -0.2) is 40.8 Å². The molecule has 2 aromatic carbocycles. The molecule has 0 fully saturated rings. The molecule has 29 heavy (non-hydrogen) atoms. The zero-order valence-corrected chi connectivity index (χ0v) is 15.9. The second kappa shape index (κ2) is 7.63. The smallest absolute Gasteiger partial charge is 0.250 e. The van der Waals surface area contributed by atoms with E-state index < -0.39 is 11.9 Å². The maximum Gasteiger partial charge on any atom is 0.250 e. The fourth-order valence-corrected chi connectivity index (χ4v) is 3.10. The molecule has 1 atom stereocenters. The average Bonchev–Trinajstić information content (AvgIpc) is 3.17. The summed E-state index contributed by atoms with van der Waals surface area (Å²) < 4.78 is 11.9. The lowest BCUT2D eigenvalue weighted by Gasteiger charge is -2.23. The standard InChI is InChI=1S/C20H19N5O4/c1-28-13-8-9-16(29-2)14(10-13)21-19(27)15-11-17(26)22-20-23-18(24-25(15)20)12-6-4-3-5-7-12/h3-10,15H,11H2,1-2H3,(H,21,27)(H,22,23,24,26)/t15-/m0/s1. The van der Waals surface area contributed by atoms with Crippen LogP contribution in [0.25, 0.3) is 11.4 Å². The van der Waals surface area contributed by atoms with Crippen LogP contribution in [0.15, 0.2) is 48.5 Å². The molecule has 2 N–H and O–H groups in total. The number of rotatable bonds is 5. The first kappa shape index (κ1) is 18.5. The van der Waals surface area contributed by atoms with Crippen LogP contribution < -0.4 is 20.1 Å². The first-order valence-electron chi connectivity index (χ1n) is 8.93. The summed E-state index contributed by atoms with van der Waals surface area (Å²) in [5.74, 6) is 0.996. The van der Waals surface area contributed by atoms with Gasteiger partial charge in [0.05, 0.1) is 26.3 Å². The number of benzene rings is 2. The van der Waals surface area contributed by atoms with Gasteiger partial charge in [-0.15, -0.1) is 5.10 Å². The van der Waals surface area contributed by atoms with Gasteiger partial charge in [0.1, 0.15) is 17.5 Å². The molecule has 0 unspecified atom stereocenters. The van der Waals surface area contributed by atoms with Gasteiger partial charge in [-0.1, -0.05) is 30.3 Å². The molecule has 1 aliphatic rings. The van der Waals surface area contributed by atoms with Crippen molar-refractivity contribution in [2.45, 2.75) is 12.5 Å². The maximum absolute atomic E-state index is 13.0. The Hall–Kier alpha value is -3.88. The van der Waals surface area contributed by atoms with Gasteiger partial charge in [-0.05, 0) is 12.1 Å². The summed E-state index contributed by atoms with van der Waals surface area (Å²) in [5, 5.41) is 9.92. The predicted octanol–water partition coefficient (Wildman–Crippen LogP) is 2.48. The monoisotopic (exact) mass is 393 g/mol. The Morgan fingerprint density at radius 3 is 2.69 bits per heavy atom. The van der Waals surface area contributed by atoms with Crippen LogP contribution in [0, 0.1) is 0 Å². The van der Waals surface area contributed by atoms with Crippen LogP contribution in [-0.2, 0) is 9.59 Å². The minimum Gasteiger partial charge on any atom is -0.497 e. The lowest BCUT2D eigenvalue weighted by Crippen LogP contribution is -2.36. The second-order valence-electron chi connectivity index (χ2n) is 6.39. The average molecular weight is 393 g/mol. The minimum absolute atomic E-state index is 0.0529. The molecule has 1 aliphatic heterocycles. The van der Waals surface area contributed by atoms with Crippen LogP contribution in [0.2, 0.25) is 0 Å². The predicted molar refractivity (Wildman–Crippen MR) is 106 cm³/mol. The van der Waals surface area contributed by atoms with Gasteiger partial charge in [-0.2, -0.15) is 4.98 Å². The number of hydrogen-bond acceptors (Lipinski definition) is 6. The number of fused-ring (bicyclic) bond motifs is 1. The molecule has 4 rings (SSSR count). The summed E-state index contributed by atoms with van der Waals surface area (Å²) in [4.78, 5) is 29.5. The summed E-state index contributed by atoms with van der Waals surface area (Å²) in [5.41, 5.74) is 1.23. The third-order valence-corrected chi connectivity index (χ3v) is 4.56. The van der Waals surface area contributed by atoms with Gasteiger partial charge >= 0.3 is 0 Å². The summed E-state index contributed by atoms with van der Waals surface area (Å²) in [6, 6.07) is 13.6. The molecule has 3 aromatic rings. The quantitative estimate of drug-likeness (QED) is 0.690. The Balaban J connectivity index is 1.65. The van der Waals surface area contributed by atoms with Gasteiger partial charge in [0.25, 0.3) is 0 Å². The maximum atomic E-state index is 13.0. The Kier molecular flexibility index (Phi) is 4.86. The van der Waals surface area contributed by atoms with Gasteiger partial charge in [-0.25, -0.2) is 4.68 Å². The number of ether oxygens (including phenoxy) is 2. The van der Waals surface area contributed by atoms with Crippen molar-refractivity contribution in [3.8, 4) is 22.9 Å². The zero-order valence-electron chi connectivity index (χ0n) is 15.9. The van der Waals surface area contributed by atoms with Crippen LogP contribution in [0.4, 0.5) is 11.6 Å². The largest absolute Gasteiger partial charge is 0.497 e. The van der Waals surface area contributed by atoms with Crippen molar-refractivity contribution in [2.24, 2.45) is 0 Å². The van der Waals surface area contributed by atoms with Gasteiger partial charge in [0.2, 0.25) is 17.8 Å². The van der Waals surface area contributed by atoms with Gasteiger partial charge < -0.3 is 14.8 Å². The highest BCUT2D eigenvalue weighted by Crippen LogP contribution is 2.31. The summed E-state index contributed by atoms with van der Waals surface area (Å²) >= 11 is 0. The molecule has 9 heteroatoms. The molecule has 1 aromatic heterocycles. The van der Waals surface area contributed by atoms with E-state index in [-0.39, 0.29) is 18.3 Å². The highest BCUT2D eigenvalue weighted by Gasteiger charge is 2.33. The highest BCUT2D eigenvalue weighted by atomic mass is 16.5. The third kappa shape index (κ3) is 3.62. The summed E-state index contributed by atoms with van der Waals surface area (Å²) in [7, 11) is 3.04. The highest BCUT2D eigenvalue weighted by molar-refractivity contribution is 6.01. The van der Waals surface area contributed by atoms with Crippen LogP contribution in [0.1, 0.15) is 12.5 Å². The Morgan fingerprint density at radius 2 is 1.97 bits per heavy atom. The number of hydrogen-bond donors (Lipinski definition) is 2. The summed E-state index contributed by atoms with van der Waals surface area (Å²) in [6.07, 6.45) is -0.0529. The van der Waals surface area contributed by atoms with E-state index in [1.54, 1.807) is 18.2 Å². The number of methoxy groups -OCH3 is 2. The fourth-order valence-electron chi connectivity index (χ4n) is 3.10. The molecular formula is C20H19N5O4. The van der Waals surface area contributed by atoms with Gasteiger partial charge in [0.15, 0.2) is 5.82 Å². The molecule has 0 bridgehead atoms. The molecule has 0 saturated heterocycles. The number of amides is 2. The first-order chi connectivity index (χ1) is 14.1. The zero-order chi connectivity index (χ0) is 20.4. The Morgan fingerprint density at radius 1 is 1.17 bits per heavy atom. The van der Waals surface area contributed by atoms with E-state index in [2.05, 4.69) is 20.7 Å². The van der Waals surface area contributed by atoms with Crippen molar-refractivity contribution in [1.82, 2.24) is 14.8 Å². The van der Waals surface area contributed by atoms with E-state index in [9.17, 15) is 9.59 Å². The van der Waals surface area contributed by atoms with E-state index >= 15 is 0 Å². The van der Waals surface area contributed by atoms with Crippen LogP contribution in [0.3, 0.4) is 0 Å². The second-order valence-corrected chi connectivity index (χ2v) is 6.39. The van der Waals surface area contributed by atoms with Crippen molar-refractivity contribution in [3.63, 3.8) is 0 Å². The van der Waals surface area contributed by atoms with Gasteiger partial charge in [-0.3, -0.25) is 14.9 Å². The fraction of sp³-hybridized carbons (Fsp3) is 0.200. The van der Waals surface area contributed by atoms with E-state index in [1.165, 1.54) is 18.9 Å². The molecule has 0 saturated carbocycles. The number of carbonyl (C=O) groups excluding carboxylic acids is 2.